The van der Waals surface area contributed by atoms with Crippen LogP contribution < -0.4 is 15.8 Å². The Hall–Kier alpha value is -2.49. The minimum absolute atomic E-state index is 0.181. The molecule has 2 aromatic heterocycles. The van der Waals surface area contributed by atoms with E-state index in [0.29, 0.717) is 36.8 Å². The summed E-state index contributed by atoms with van der Waals surface area (Å²) >= 11 is 1.34. The quantitative estimate of drug-likeness (QED) is 0.706. The fraction of sp³-hybridized carbons (Fsp3) is 0.632. The largest absolute Gasteiger partial charge is 0.351 e. The van der Waals surface area contributed by atoms with E-state index in [4.69, 9.17) is 0 Å². The number of likely N-dealkylation sites (tertiary alicyclic amines) is 1. The first-order valence-corrected chi connectivity index (χ1v) is 11.0. The lowest BCUT2D eigenvalue weighted by molar-refractivity contribution is -0.127. The van der Waals surface area contributed by atoms with E-state index in [9.17, 15) is 14.4 Å². The molecule has 2 aliphatic rings. The van der Waals surface area contributed by atoms with Crippen molar-refractivity contribution in [2.75, 3.05) is 37.6 Å². The number of carbonyl (C=O) groups excluding carboxylic acids is 2. The van der Waals surface area contributed by atoms with Crippen molar-refractivity contribution in [3.8, 4) is 0 Å². The number of anilines is 1. The van der Waals surface area contributed by atoms with Gasteiger partial charge < -0.3 is 15.1 Å². The molecule has 0 atom stereocenters. The maximum atomic E-state index is 12.7. The zero-order chi connectivity index (χ0) is 20.4. The van der Waals surface area contributed by atoms with Crippen LogP contribution in [-0.2, 0) is 4.79 Å². The van der Waals surface area contributed by atoms with Gasteiger partial charge in [-0.2, -0.15) is 9.50 Å². The van der Waals surface area contributed by atoms with Crippen molar-refractivity contribution in [2.24, 2.45) is 5.92 Å². The van der Waals surface area contributed by atoms with E-state index in [-0.39, 0.29) is 17.5 Å². The fourth-order valence-electron chi connectivity index (χ4n) is 3.80. The van der Waals surface area contributed by atoms with Gasteiger partial charge in [-0.15, -0.1) is 5.10 Å². The molecule has 0 radical (unpaired) electrons. The smallest absolute Gasteiger partial charge is 0.274 e. The predicted molar refractivity (Wildman–Crippen MR) is 111 cm³/mol. The van der Waals surface area contributed by atoms with E-state index >= 15 is 0 Å². The number of hydrogen-bond acceptors (Lipinski definition) is 7. The molecule has 2 aromatic rings. The third-order valence-corrected chi connectivity index (χ3v) is 6.56. The lowest BCUT2D eigenvalue weighted by Crippen LogP contribution is -2.33. The Labute approximate surface area is 172 Å². The standard InChI is InChI=1S/C19H26N6O3S/c1-13-5-10-24(11-6-13)19-22-25-14(12-15(26)21-18(25)29-19)17(28)20-7-3-9-23-8-2-4-16(23)27/h12-13H,2-11H2,1H3,(H,20,28). The van der Waals surface area contributed by atoms with E-state index < -0.39 is 5.56 Å². The van der Waals surface area contributed by atoms with Gasteiger partial charge in [-0.25, -0.2) is 0 Å². The second-order valence-electron chi connectivity index (χ2n) is 7.82. The first-order chi connectivity index (χ1) is 14.0. The van der Waals surface area contributed by atoms with Gasteiger partial charge in [0.2, 0.25) is 16.0 Å². The van der Waals surface area contributed by atoms with Gasteiger partial charge >= 0.3 is 0 Å². The van der Waals surface area contributed by atoms with Gasteiger partial charge in [0.25, 0.3) is 11.5 Å². The number of fused-ring (bicyclic) bond motifs is 1. The van der Waals surface area contributed by atoms with E-state index in [0.717, 1.165) is 44.0 Å². The molecule has 0 aromatic carbocycles. The number of nitrogens with one attached hydrogen (secondary N) is 1. The fourth-order valence-corrected chi connectivity index (χ4v) is 4.76. The van der Waals surface area contributed by atoms with Crippen molar-refractivity contribution in [1.29, 1.82) is 0 Å². The molecule has 0 saturated carbocycles. The van der Waals surface area contributed by atoms with Crippen LogP contribution in [-0.4, -0.2) is 64.0 Å². The molecule has 2 amide bonds. The number of amides is 2. The lowest BCUT2D eigenvalue weighted by Gasteiger charge is -2.29. The summed E-state index contributed by atoms with van der Waals surface area (Å²) in [5.41, 5.74) is -0.245. The third kappa shape index (κ3) is 4.42. The molecule has 29 heavy (non-hydrogen) atoms. The number of hydrogen-bond donors (Lipinski definition) is 1. The minimum Gasteiger partial charge on any atom is -0.351 e. The minimum atomic E-state index is -0.444. The monoisotopic (exact) mass is 418 g/mol. The average Bonchev–Trinajstić information content (AvgIpc) is 3.31. The van der Waals surface area contributed by atoms with Crippen LogP contribution in [0.4, 0.5) is 5.13 Å². The highest BCUT2D eigenvalue weighted by molar-refractivity contribution is 7.20. The summed E-state index contributed by atoms with van der Waals surface area (Å²) in [5, 5.41) is 8.20. The van der Waals surface area contributed by atoms with E-state index in [1.807, 2.05) is 4.90 Å². The Morgan fingerprint density at radius 3 is 2.79 bits per heavy atom. The Bertz CT molecular complexity index is 962. The number of rotatable bonds is 6. The van der Waals surface area contributed by atoms with Crippen LogP contribution in [0.25, 0.3) is 4.96 Å². The molecule has 156 valence electrons. The average molecular weight is 419 g/mol. The SMILES string of the molecule is CC1CCN(c2nn3c(C(=O)NCCCN4CCCC4=O)cc(=O)nc3s2)CC1. The molecular formula is C19H26N6O3S. The number of nitrogens with zero attached hydrogens (tertiary/aromatic N) is 5. The van der Waals surface area contributed by atoms with E-state index in [1.165, 1.54) is 21.9 Å². The number of carbonyl (C=O) groups is 2. The highest BCUT2D eigenvalue weighted by Crippen LogP contribution is 2.27. The van der Waals surface area contributed by atoms with Gasteiger partial charge in [-0.3, -0.25) is 14.4 Å². The van der Waals surface area contributed by atoms with Crippen LogP contribution >= 0.6 is 11.3 Å². The van der Waals surface area contributed by atoms with Crippen molar-refractivity contribution in [3.63, 3.8) is 0 Å². The maximum Gasteiger partial charge on any atom is 0.274 e. The van der Waals surface area contributed by atoms with Crippen molar-refractivity contribution in [3.05, 3.63) is 22.1 Å². The summed E-state index contributed by atoms with van der Waals surface area (Å²) in [6, 6.07) is 1.23. The van der Waals surface area contributed by atoms with Crippen molar-refractivity contribution in [1.82, 2.24) is 24.8 Å². The van der Waals surface area contributed by atoms with Crippen molar-refractivity contribution in [2.45, 2.75) is 39.0 Å². The van der Waals surface area contributed by atoms with Crippen LogP contribution in [0.5, 0.6) is 0 Å². The van der Waals surface area contributed by atoms with Gasteiger partial charge in [0.05, 0.1) is 0 Å². The van der Waals surface area contributed by atoms with Gasteiger partial charge in [-0.05, 0) is 31.6 Å². The topological polar surface area (TPSA) is 99.9 Å². The molecule has 0 aliphatic carbocycles. The van der Waals surface area contributed by atoms with Crippen LogP contribution in [0.3, 0.4) is 0 Å². The Balaban J connectivity index is 1.43. The lowest BCUT2D eigenvalue weighted by atomic mass is 10.00. The zero-order valence-electron chi connectivity index (χ0n) is 16.6. The normalized spacial score (nSPS) is 18.0. The summed E-state index contributed by atoms with van der Waals surface area (Å²) in [4.78, 5) is 44.8. The summed E-state index contributed by atoms with van der Waals surface area (Å²) in [6.45, 7) is 5.95. The van der Waals surface area contributed by atoms with E-state index in [2.05, 4.69) is 27.2 Å². The van der Waals surface area contributed by atoms with E-state index in [1.54, 1.807) is 0 Å². The predicted octanol–water partition coefficient (Wildman–Crippen LogP) is 1.13. The maximum absolute atomic E-state index is 12.7. The molecule has 2 saturated heterocycles. The highest BCUT2D eigenvalue weighted by Gasteiger charge is 2.22. The number of aromatic nitrogens is 3. The Morgan fingerprint density at radius 2 is 2.07 bits per heavy atom. The summed E-state index contributed by atoms with van der Waals surface area (Å²) < 4.78 is 1.47. The second-order valence-corrected chi connectivity index (χ2v) is 8.76. The molecule has 2 aliphatic heterocycles. The molecule has 0 bridgehead atoms. The molecule has 0 unspecified atom stereocenters. The summed E-state index contributed by atoms with van der Waals surface area (Å²) in [7, 11) is 0. The van der Waals surface area contributed by atoms with Crippen LogP contribution in [0.15, 0.2) is 10.9 Å². The van der Waals surface area contributed by atoms with Gasteiger partial charge in [0, 0.05) is 45.2 Å². The second kappa shape index (κ2) is 8.48. The molecule has 9 nitrogen and oxygen atoms in total. The summed E-state index contributed by atoms with van der Waals surface area (Å²) in [5.74, 6) is 0.536. The van der Waals surface area contributed by atoms with Crippen molar-refractivity contribution < 1.29 is 9.59 Å². The molecule has 2 fully saturated rings. The van der Waals surface area contributed by atoms with Gasteiger partial charge in [0.1, 0.15) is 5.69 Å². The van der Waals surface area contributed by atoms with Crippen LogP contribution in [0.1, 0.15) is 49.5 Å². The molecule has 0 spiro atoms. The molecule has 4 rings (SSSR count). The molecule has 1 N–H and O–H groups in total. The molecular weight excluding hydrogens is 392 g/mol. The highest BCUT2D eigenvalue weighted by atomic mass is 32.1. The molecule has 4 heterocycles. The Morgan fingerprint density at radius 1 is 1.28 bits per heavy atom. The zero-order valence-corrected chi connectivity index (χ0v) is 17.4. The first kappa shape index (κ1) is 19.8. The summed E-state index contributed by atoms with van der Waals surface area (Å²) in [6.07, 6.45) is 4.41. The third-order valence-electron chi connectivity index (χ3n) is 5.59. The van der Waals surface area contributed by atoms with Gasteiger partial charge in [0.15, 0.2) is 0 Å². The van der Waals surface area contributed by atoms with Crippen LogP contribution in [0, 0.1) is 5.92 Å². The van der Waals surface area contributed by atoms with Gasteiger partial charge in [-0.1, -0.05) is 18.3 Å². The molecule has 10 heteroatoms. The van der Waals surface area contributed by atoms with Crippen LogP contribution in [0.2, 0.25) is 0 Å². The first-order valence-electron chi connectivity index (χ1n) is 10.2. The van der Waals surface area contributed by atoms with Crippen molar-refractivity contribution >= 4 is 33.2 Å². The Kier molecular flexibility index (Phi) is 5.79. The number of piperidine rings is 1.